The van der Waals surface area contributed by atoms with Crippen LogP contribution in [0.4, 0.5) is 13.6 Å². The second-order valence-electron chi connectivity index (χ2n) is 8.34. The molecule has 182 valence electrons. The summed E-state index contributed by atoms with van der Waals surface area (Å²) in [6.45, 7) is -0.984. The number of benzene rings is 2. The highest BCUT2D eigenvalue weighted by molar-refractivity contribution is 5.86. The molecule has 0 spiro atoms. The van der Waals surface area contributed by atoms with Gasteiger partial charge in [0, 0.05) is 5.92 Å². The van der Waals surface area contributed by atoms with E-state index in [9.17, 15) is 23.2 Å². The molecule has 3 N–H and O–H groups in total. The van der Waals surface area contributed by atoms with Crippen molar-refractivity contribution < 1.29 is 33.0 Å². The smallest absolute Gasteiger partial charge is 0.407 e. The zero-order valence-electron chi connectivity index (χ0n) is 18.9. The fourth-order valence-electron chi connectivity index (χ4n) is 3.84. The van der Waals surface area contributed by atoms with Gasteiger partial charge in [-0.15, -0.1) is 0 Å². The number of carboxylic acid groups (broad SMARTS) is 1. The van der Waals surface area contributed by atoms with Gasteiger partial charge in [-0.1, -0.05) is 48.5 Å². The highest BCUT2D eigenvalue weighted by atomic mass is 19.3. The molecule has 2 aromatic rings. The molecule has 0 aliphatic heterocycles. The van der Waals surface area contributed by atoms with E-state index >= 15 is 0 Å². The van der Waals surface area contributed by atoms with Gasteiger partial charge in [0.1, 0.15) is 12.6 Å². The van der Waals surface area contributed by atoms with Gasteiger partial charge in [-0.05, 0) is 49.3 Å². The van der Waals surface area contributed by atoms with Gasteiger partial charge in [-0.2, -0.15) is 8.78 Å². The van der Waals surface area contributed by atoms with Gasteiger partial charge in [0.25, 0.3) is 0 Å². The summed E-state index contributed by atoms with van der Waals surface area (Å²) >= 11 is 0. The van der Waals surface area contributed by atoms with Crippen LogP contribution in [-0.2, 0) is 14.3 Å². The summed E-state index contributed by atoms with van der Waals surface area (Å²) in [6, 6.07) is 14.5. The number of halogens is 2. The first-order valence-electron chi connectivity index (χ1n) is 10.8. The number of fused-ring (bicyclic) bond motifs is 3. The molecule has 34 heavy (non-hydrogen) atoms. The number of hydrogen-bond donors (Lipinski definition) is 3. The standard InChI is InChI=1S/C24H27F2N3O5/c1-29(2)12-11-20(21(30)27-14-24(25,26)22(31)32)28-23(33)34-13-19-17-9-5-3-7-15(17)16-8-4-6-10-18(16)19/h3-10,19-20H,11-14H2,1-2H3,(H,27,30)(H,28,33)(H,31,32). The average Bonchev–Trinajstić information content (AvgIpc) is 3.12. The summed E-state index contributed by atoms with van der Waals surface area (Å²) in [5.41, 5.74) is 4.17. The Morgan fingerprint density at radius 2 is 1.62 bits per heavy atom. The van der Waals surface area contributed by atoms with Crippen LogP contribution in [0.1, 0.15) is 23.5 Å². The Kier molecular flexibility index (Phi) is 7.83. The Bertz CT molecular complexity index is 1010. The molecule has 3 rings (SSSR count). The maximum absolute atomic E-state index is 13.3. The van der Waals surface area contributed by atoms with Crippen molar-refractivity contribution in [2.24, 2.45) is 0 Å². The van der Waals surface area contributed by atoms with Crippen molar-refractivity contribution in [3.05, 3.63) is 59.7 Å². The van der Waals surface area contributed by atoms with Crippen molar-refractivity contribution in [1.29, 1.82) is 0 Å². The predicted molar refractivity (Wildman–Crippen MR) is 121 cm³/mol. The molecule has 1 unspecified atom stereocenters. The first-order valence-corrected chi connectivity index (χ1v) is 10.8. The van der Waals surface area contributed by atoms with Crippen molar-refractivity contribution in [1.82, 2.24) is 15.5 Å². The van der Waals surface area contributed by atoms with Crippen molar-refractivity contribution in [3.8, 4) is 11.1 Å². The Labute approximate surface area is 195 Å². The van der Waals surface area contributed by atoms with Gasteiger partial charge in [0.15, 0.2) is 0 Å². The maximum atomic E-state index is 13.3. The number of carboxylic acids is 1. The molecule has 8 nitrogen and oxygen atoms in total. The van der Waals surface area contributed by atoms with Gasteiger partial charge < -0.3 is 25.4 Å². The van der Waals surface area contributed by atoms with Crippen LogP contribution in [0.2, 0.25) is 0 Å². The van der Waals surface area contributed by atoms with Crippen molar-refractivity contribution in [2.75, 3.05) is 33.8 Å². The molecule has 10 heteroatoms. The topological polar surface area (TPSA) is 108 Å². The zero-order chi connectivity index (χ0) is 24.9. The van der Waals surface area contributed by atoms with E-state index in [0.717, 1.165) is 22.3 Å². The minimum atomic E-state index is -4.12. The number of carbonyl (C=O) groups is 3. The van der Waals surface area contributed by atoms with E-state index < -0.39 is 36.5 Å². The molecule has 0 aromatic heterocycles. The van der Waals surface area contributed by atoms with Gasteiger partial charge in [-0.3, -0.25) is 4.79 Å². The molecule has 1 aliphatic carbocycles. The third-order valence-electron chi connectivity index (χ3n) is 5.61. The van der Waals surface area contributed by atoms with E-state index in [1.807, 2.05) is 53.8 Å². The van der Waals surface area contributed by atoms with Crippen LogP contribution in [0.3, 0.4) is 0 Å². The maximum Gasteiger partial charge on any atom is 0.407 e. The Hall–Kier alpha value is -3.53. The molecule has 0 radical (unpaired) electrons. The lowest BCUT2D eigenvalue weighted by atomic mass is 9.98. The van der Waals surface area contributed by atoms with Gasteiger partial charge in [0.2, 0.25) is 5.91 Å². The van der Waals surface area contributed by atoms with Crippen LogP contribution >= 0.6 is 0 Å². The van der Waals surface area contributed by atoms with Crippen LogP contribution in [0.5, 0.6) is 0 Å². The number of amides is 2. The first kappa shape index (κ1) is 25.1. The summed E-state index contributed by atoms with van der Waals surface area (Å²) < 4.78 is 32.1. The fraction of sp³-hybridized carbons (Fsp3) is 0.375. The molecule has 1 aliphatic rings. The molecule has 0 fully saturated rings. The number of ether oxygens (including phenoxy) is 1. The number of nitrogens with one attached hydrogen (secondary N) is 2. The number of nitrogens with zero attached hydrogens (tertiary/aromatic N) is 1. The van der Waals surface area contributed by atoms with Crippen LogP contribution < -0.4 is 10.6 Å². The fourth-order valence-corrected chi connectivity index (χ4v) is 3.84. The number of alkyl carbamates (subject to hydrolysis) is 1. The molecule has 2 aromatic carbocycles. The van der Waals surface area contributed by atoms with E-state index in [4.69, 9.17) is 9.84 Å². The van der Waals surface area contributed by atoms with Crippen LogP contribution in [0.25, 0.3) is 11.1 Å². The lowest BCUT2D eigenvalue weighted by Gasteiger charge is -2.22. The third-order valence-corrected chi connectivity index (χ3v) is 5.61. The minimum Gasteiger partial charge on any atom is -0.477 e. The predicted octanol–water partition coefficient (Wildman–Crippen LogP) is 2.68. The van der Waals surface area contributed by atoms with E-state index in [-0.39, 0.29) is 18.9 Å². The van der Waals surface area contributed by atoms with Crippen LogP contribution in [0.15, 0.2) is 48.5 Å². The van der Waals surface area contributed by atoms with Crippen molar-refractivity contribution in [3.63, 3.8) is 0 Å². The molecule has 0 heterocycles. The quantitative estimate of drug-likeness (QED) is 0.488. The van der Waals surface area contributed by atoms with E-state index in [1.165, 1.54) is 0 Å². The first-order chi connectivity index (χ1) is 16.1. The summed E-state index contributed by atoms with van der Waals surface area (Å²) in [5, 5.41) is 12.8. The second kappa shape index (κ2) is 10.6. The van der Waals surface area contributed by atoms with Gasteiger partial charge in [-0.25, -0.2) is 9.59 Å². The molecule has 0 saturated heterocycles. The SMILES string of the molecule is CN(C)CCC(NC(=O)OCC1c2ccccc2-c2ccccc21)C(=O)NCC(F)(F)C(=O)O. The highest BCUT2D eigenvalue weighted by Crippen LogP contribution is 2.44. The van der Waals surface area contributed by atoms with Crippen molar-refractivity contribution >= 4 is 18.0 Å². The molecule has 2 amide bonds. The number of aliphatic carboxylic acids is 1. The number of hydrogen-bond acceptors (Lipinski definition) is 5. The zero-order valence-corrected chi connectivity index (χ0v) is 18.9. The lowest BCUT2D eigenvalue weighted by Crippen LogP contribution is -2.51. The summed E-state index contributed by atoms with van der Waals surface area (Å²) in [4.78, 5) is 37.3. The minimum absolute atomic E-state index is 0.0268. The van der Waals surface area contributed by atoms with Crippen LogP contribution in [-0.4, -0.2) is 73.7 Å². The number of carbonyl (C=O) groups excluding carboxylic acids is 2. The molecular formula is C24H27F2N3O5. The van der Waals surface area contributed by atoms with E-state index in [0.29, 0.717) is 6.54 Å². The summed E-state index contributed by atoms with van der Waals surface area (Å²) in [7, 11) is 3.50. The Balaban J connectivity index is 1.64. The Morgan fingerprint density at radius 1 is 1.06 bits per heavy atom. The Morgan fingerprint density at radius 3 is 2.15 bits per heavy atom. The molecule has 0 saturated carbocycles. The van der Waals surface area contributed by atoms with E-state index in [2.05, 4.69) is 5.32 Å². The van der Waals surface area contributed by atoms with Crippen LogP contribution in [0, 0.1) is 0 Å². The number of alkyl halides is 2. The van der Waals surface area contributed by atoms with Gasteiger partial charge >= 0.3 is 18.0 Å². The van der Waals surface area contributed by atoms with Crippen molar-refractivity contribution in [2.45, 2.75) is 24.3 Å². The summed E-state index contributed by atoms with van der Waals surface area (Å²) in [5.74, 6) is -7.56. The number of rotatable bonds is 10. The lowest BCUT2D eigenvalue weighted by molar-refractivity contribution is -0.164. The largest absolute Gasteiger partial charge is 0.477 e. The third kappa shape index (κ3) is 5.88. The monoisotopic (exact) mass is 475 g/mol. The van der Waals surface area contributed by atoms with Gasteiger partial charge in [0.05, 0.1) is 6.54 Å². The summed E-state index contributed by atoms with van der Waals surface area (Å²) in [6.07, 6.45) is -0.757. The second-order valence-corrected chi connectivity index (χ2v) is 8.34. The highest BCUT2D eigenvalue weighted by Gasteiger charge is 2.39. The normalized spacial score (nSPS) is 13.7. The average molecular weight is 475 g/mol. The molecular weight excluding hydrogens is 448 g/mol. The molecule has 1 atom stereocenters. The molecule has 0 bridgehead atoms. The van der Waals surface area contributed by atoms with E-state index in [1.54, 1.807) is 19.0 Å².